The summed E-state index contributed by atoms with van der Waals surface area (Å²) in [5.74, 6) is 0.302. The minimum atomic E-state index is -0.103. The van der Waals surface area contributed by atoms with E-state index in [0.717, 1.165) is 18.4 Å². The first-order valence-corrected chi connectivity index (χ1v) is 6.95. The van der Waals surface area contributed by atoms with E-state index in [1.54, 1.807) is 6.07 Å². The van der Waals surface area contributed by atoms with Crippen LogP contribution in [-0.2, 0) is 4.79 Å². The summed E-state index contributed by atoms with van der Waals surface area (Å²) in [5.41, 5.74) is 0.823. The van der Waals surface area contributed by atoms with Crippen molar-refractivity contribution in [1.29, 1.82) is 0 Å². The number of carbonyl (C=O) groups excluding carboxylic acids is 1. The molecule has 1 saturated carbocycles. The summed E-state index contributed by atoms with van der Waals surface area (Å²) in [4.78, 5) is 11.3. The van der Waals surface area contributed by atoms with Crippen molar-refractivity contribution in [2.75, 3.05) is 13.1 Å². The van der Waals surface area contributed by atoms with Crippen molar-refractivity contribution in [3.8, 4) is 0 Å². The van der Waals surface area contributed by atoms with Gasteiger partial charge in [0, 0.05) is 25.6 Å². The molecule has 0 aliphatic heterocycles. The predicted molar refractivity (Wildman–Crippen MR) is 73.5 cm³/mol. The molecule has 2 N–H and O–H groups in total. The van der Waals surface area contributed by atoms with Gasteiger partial charge in [0.05, 0.1) is 0 Å². The van der Waals surface area contributed by atoms with Crippen molar-refractivity contribution in [2.24, 2.45) is 0 Å². The van der Waals surface area contributed by atoms with Crippen molar-refractivity contribution < 1.29 is 9.18 Å². The average Bonchev–Trinajstić information content (AvgIpc) is 2.34. The summed E-state index contributed by atoms with van der Waals surface area (Å²) in [6.07, 6.45) is 2.42. The van der Waals surface area contributed by atoms with Gasteiger partial charge in [0.1, 0.15) is 5.82 Å². The molecular weight excluding hydrogens is 243 g/mol. The van der Waals surface area contributed by atoms with Gasteiger partial charge in [0.15, 0.2) is 0 Å². The van der Waals surface area contributed by atoms with Gasteiger partial charge >= 0.3 is 0 Å². The van der Waals surface area contributed by atoms with Crippen LogP contribution in [0.3, 0.4) is 0 Å². The predicted octanol–water partition coefficient (Wildman–Crippen LogP) is 2.19. The normalized spacial score (nSPS) is 21.8. The third kappa shape index (κ3) is 3.77. The minimum Gasteiger partial charge on any atom is -0.356 e. The van der Waals surface area contributed by atoms with Gasteiger partial charge in [-0.3, -0.25) is 4.79 Å². The third-order valence-electron chi connectivity index (χ3n) is 3.64. The molecule has 0 spiro atoms. The zero-order valence-electron chi connectivity index (χ0n) is 11.3. The first-order chi connectivity index (χ1) is 9.20. The Hall–Kier alpha value is -1.42. The van der Waals surface area contributed by atoms with Crippen LogP contribution in [0.1, 0.15) is 37.7 Å². The molecule has 0 radical (unpaired) electrons. The summed E-state index contributed by atoms with van der Waals surface area (Å²) in [6.45, 7) is 3.29. The molecule has 4 heteroatoms. The van der Waals surface area contributed by atoms with Crippen LogP contribution in [0.4, 0.5) is 4.39 Å². The average molecular weight is 264 g/mol. The third-order valence-corrected chi connectivity index (χ3v) is 3.64. The Morgan fingerprint density at radius 2 is 2.11 bits per heavy atom. The van der Waals surface area contributed by atoms with Crippen LogP contribution in [0, 0.1) is 5.82 Å². The summed E-state index contributed by atoms with van der Waals surface area (Å²) in [5, 5.41) is 6.11. The smallest absolute Gasteiger partial charge is 0.221 e. The molecule has 1 fully saturated rings. The van der Waals surface area contributed by atoms with E-state index < -0.39 is 0 Å². The highest BCUT2D eigenvalue weighted by Gasteiger charge is 2.31. The second-order valence-corrected chi connectivity index (χ2v) is 5.04. The van der Waals surface area contributed by atoms with E-state index in [0.29, 0.717) is 31.5 Å². The van der Waals surface area contributed by atoms with E-state index in [1.807, 2.05) is 19.1 Å². The fourth-order valence-corrected chi connectivity index (χ4v) is 2.52. The van der Waals surface area contributed by atoms with Gasteiger partial charge in [0.25, 0.3) is 0 Å². The Morgan fingerprint density at radius 3 is 2.79 bits per heavy atom. The zero-order chi connectivity index (χ0) is 13.7. The number of benzene rings is 1. The van der Waals surface area contributed by atoms with Gasteiger partial charge < -0.3 is 10.6 Å². The summed E-state index contributed by atoms with van der Waals surface area (Å²) in [6, 6.07) is 7.41. The van der Waals surface area contributed by atoms with Gasteiger partial charge in [-0.1, -0.05) is 18.2 Å². The van der Waals surface area contributed by atoms with E-state index in [1.165, 1.54) is 6.07 Å². The van der Waals surface area contributed by atoms with Crippen molar-refractivity contribution in [3.63, 3.8) is 0 Å². The van der Waals surface area contributed by atoms with Crippen LogP contribution < -0.4 is 10.6 Å². The number of hydrogen-bond acceptors (Lipinski definition) is 2. The molecule has 0 saturated heterocycles. The van der Waals surface area contributed by atoms with E-state index in [9.17, 15) is 9.18 Å². The maximum Gasteiger partial charge on any atom is 0.221 e. The zero-order valence-corrected chi connectivity index (χ0v) is 11.3. The molecule has 104 valence electrons. The molecular formula is C15H21FN2O. The van der Waals surface area contributed by atoms with Crippen LogP contribution in [0.25, 0.3) is 0 Å². The van der Waals surface area contributed by atoms with Crippen LogP contribution in [0.15, 0.2) is 24.3 Å². The maximum atomic E-state index is 13.6. The SMILES string of the molecule is CCNC(=O)CCNC1CC(c2ccccc2F)C1. The lowest BCUT2D eigenvalue weighted by molar-refractivity contribution is -0.120. The second kappa shape index (κ2) is 6.66. The minimum absolute atomic E-state index is 0.0833. The highest BCUT2D eigenvalue weighted by molar-refractivity contribution is 5.75. The summed E-state index contributed by atoms with van der Waals surface area (Å²) >= 11 is 0. The molecule has 2 rings (SSSR count). The van der Waals surface area contributed by atoms with Crippen LogP contribution in [0.2, 0.25) is 0 Å². The molecule has 1 aliphatic rings. The molecule has 1 aromatic carbocycles. The molecule has 1 aromatic rings. The highest BCUT2D eigenvalue weighted by atomic mass is 19.1. The second-order valence-electron chi connectivity index (χ2n) is 5.04. The van der Waals surface area contributed by atoms with Gasteiger partial charge in [-0.15, -0.1) is 0 Å². The summed E-state index contributed by atoms with van der Waals surface area (Å²) in [7, 11) is 0. The van der Waals surface area contributed by atoms with Gasteiger partial charge in [-0.2, -0.15) is 0 Å². The van der Waals surface area contributed by atoms with Crippen molar-refractivity contribution in [2.45, 2.75) is 38.1 Å². The number of hydrogen-bond donors (Lipinski definition) is 2. The van der Waals surface area contributed by atoms with E-state index in [4.69, 9.17) is 0 Å². The Labute approximate surface area is 113 Å². The van der Waals surface area contributed by atoms with Gasteiger partial charge in [0.2, 0.25) is 5.91 Å². The standard InChI is InChI=1S/C15H21FN2O/c1-2-17-15(19)7-8-18-12-9-11(10-12)13-5-3-4-6-14(13)16/h3-6,11-12,18H,2,7-10H2,1H3,(H,17,19). The number of halogens is 1. The lowest BCUT2D eigenvalue weighted by atomic mass is 9.75. The number of carbonyl (C=O) groups is 1. The Kier molecular flexibility index (Phi) is 4.91. The topological polar surface area (TPSA) is 41.1 Å². The molecule has 1 amide bonds. The van der Waals surface area contributed by atoms with Crippen molar-refractivity contribution in [1.82, 2.24) is 10.6 Å². The summed E-state index contributed by atoms with van der Waals surface area (Å²) < 4.78 is 13.6. The molecule has 0 heterocycles. The lowest BCUT2D eigenvalue weighted by Crippen LogP contribution is -2.41. The first kappa shape index (κ1) is 14.0. The monoisotopic (exact) mass is 264 g/mol. The molecule has 1 aliphatic carbocycles. The molecule has 0 aromatic heterocycles. The van der Waals surface area contributed by atoms with E-state index in [-0.39, 0.29) is 11.7 Å². The van der Waals surface area contributed by atoms with E-state index >= 15 is 0 Å². The molecule has 19 heavy (non-hydrogen) atoms. The first-order valence-electron chi connectivity index (χ1n) is 6.95. The largest absolute Gasteiger partial charge is 0.356 e. The Bertz CT molecular complexity index is 430. The highest BCUT2D eigenvalue weighted by Crippen LogP contribution is 2.37. The fourth-order valence-electron chi connectivity index (χ4n) is 2.52. The van der Waals surface area contributed by atoms with Crippen molar-refractivity contribution >= 4 is 5.91 Å². The fraction of sp³-hybridized carbons (Fsp3) is 0.533. The van der Waals surface area contributed by atoms with Gasteiger partial charge in [-0.25, -0.2) is 4.39 Å². The van der Waals surface area contributed by atoms with E-state index in [2.05, 4.69) is 10.6 Å². The maximum absolute atomic E-state index is 13.6. The molecule has 0 atom stereocenters. The molecule has 0 unspecified atom stereocenters. The van der Waals surface area contributed by atoms with Crippen LogP contribution in [0.5, 0.6) is 0 Å². The number of rotatable bonds is 6. The molecule has 0 bridgehead atoms. The Morgan fingerprint density at radius 1 is 1.37 bits per heavy atom. The molecule has 3 nitrogen and oxygen atoms in total. The number of nitrogens with one attached hydrogen (secondary N) is 2. The quantitative estimate of drug-likeness (QED) is 0.827. The Balaban J connectivity index is 1.67. The van der Waals surface area contributed by atoms with Gasteiger partial charge in [-0.05, 0) is 37.3 Å². The lowest BCUT2D eigenvalue weighted by Gasteiger charge is -2.36. The number of amides is 1. The van der Waals surface area contributed by atoms with Crippen molar-refractivity contribution in [3.05, 3.63) is 35.6 Å². The van der Waals surface area contributed by atoms with Crippen LogP contribution >= 0.6 is 0 Å². The van der Waals surface area contributed by atoms with Crippen LogP contribution in [-0.4, -0.2) is 25.0 Å².